The molecule has 0 saturated carbocycles. The van der Waals surface area contributed by atoms with E-state index in [0.717, 1.165) is 18.1 Å². The minimum absolute atomic E-state index is 0.313. The van der Waals surface area contributed by atoms with Gasteiger partial charge in [-0.2, -0.15) is 0 Å². The van der Waals surface area contributed by atoms with Gasteiger partial charge in [0.15, 0.2) is 0 Å². The number of aromatic nitrogens is 3. The molecule has 22 heavy (non-hydrogen) atoms. The van der Waals surface area contributed by atoms with Gasteiger partial charge in [-0.15, -0.1) is 0 Å². The maximum atomic E-state index is 4.26. The summed E-state index contributed by atoms with van der Waals surface area (Å²) in [5, 5.41) is 3.57. The molecule has 1 atom stereocenters. The number of nitrogens with zero attached hydrogens (tertiary/aromatic N) is 3. The first-order valence-corrected chi connectivity index (χ1v) is 7.59. The van der Waals surface area contributed by atoms with Gasteiger partial charge in [0, 0.05) is 49.6 Å². The van der Waals surface area contributed by atoms with Crippen LogP contribution in [0.5, 0.6) is 0 Å². The second-order valence-electron chi connectivity index (χ2n) is 5.65. The molecule has 3 aromatic rings. The van der Waals surface area contributed by atoms with E-state index in [0.29, 0.717) is 6.04 Å². The lowest BCUT2D eigenvalue weighted by Crippen LogP contribution is -2.19. The van der Waals surface area contributed by atoms with Crippen LogP contribution in [0.4, 0.5) is 0 Å². The largest absolute Gasteiger partial charge is 0.353 e. The number of hydrogen-bond acceptors (Lipinski definition) is 2. The molecule has 1 aromatic carbocycles. The molecule has 2 heterocycles. The van der Waals surface area contributed by atoms with Crippen molar-refractivity contribution in [1.29, 1.82) is 0 Å². The maximum Gasteiger partial charge on any atom is 0.110 e. The number of hydrogen-bond donors (Lipinski definition) is 1. The highest BCUT2D eigenvalue weighted by Crippen LogP contribution is 2.17. The van der Waals surface area contributed by atoms with Gasteiger partial charge in [-0.25, -0.2) is 4.98 Å². The molecular weight excluding hydrogens is 272 g/mol. The zero-order valence-corrected chi connectivity index (χ0v) is 13.3. The lowest BCUT2D eigenvalue weighted by atomic mass is 10.1. The maximum absolute atomic E-state index is 4.26. The van der Waals surface area contributed by atoms with Crippen molar-refractivity contribution in [3.05, 3.63) is 72.1 Å². The van der Waals surface area contributed by atoms with Crippen molar-refractivity contribution in [3.8, 4) is 5.69 Å². The van der Waals surface area contributed by atoms with Gasteiger partial charge in [0.1, 0.15) is 5.82 Å². The Bertz CT molecular complexity index is 737. The second-order valence-corrected chi connectivity index (χ2v) is 5.65. The summed E-state index contributed by atoms with van der Waals surface area (Å²) in [5.74, 6) is 1.00. The van der Waals surface area contributed by atoms with E-state index in [2.05, 4.69) is 76.0 Å². The van der Waals surface area contributed by atoms with Gasteiger partial charge in [-0.05, 0) is 43.7 Å². The van der Waals surface area contributed by atoms with Gasteiger partial charge >= 0.3 is 0 Å². The van der Waals surface area contributed by atoms with E-state index in [4.69, 9.17) is 0 Å². The molecule has 114 valence electrons. The first-order chi connectivity index (χ1) is 10.6. The average molecular weight is 294 g/mol. The molecule has 0 radical (unpaired) electrons. The third-order valence-electron chi connectivity index (χ3n) is 4.14. The third kappa shape index (κ3) is 2.97. The van der Waals surface area contributed by atoms with E-state index >= 15 is 0 Å². The number of rotatable bonds is 5. The topological polar surface area (TPSA) is 34.8 Å². The van der Waals surface area contributed by atoms with Gasteiger partial charge in [0.25, 0.3) is 0 Å². The van der Waals surface area contributed by atoms with Crippen LogP contribution >= 0.6 is 0 Å². The summed E-state index contributed by atoms with van der Waals surface area (Å²) in [6, 6.07) is 13.2. The monoisotopic (exact) mass is 294 g/mol. The minimum atomic E-state index is 0.313. The average Bonchev–Trinajstić information content (AvgIpc) is 3.13. The van der Waals surface area contributed by atoms with E-state index in [1.54, 1.807) is 0 Å². The van der Waals surface area contributed by atoms with Crippen LogP contribution in [-0.4, -0.2) is 14.1 Å². The molecule has 0 aliphatic rings. The number of nitrogens with one attached hydrogen (secondary N) is 1. The highest BCUT2D eigenvalue weighted by atomic mass is 15.1. The van der Waals surface area contributed by atoms with Gasteiger partial charge in [-0.1, -0.05) is 12.1 Å². The van der Waals surface area contributed by atoms with E-state index in [1.807, 2.05) is 19.3 Å². The predicted octanol–water partition coefficient (Wildman–Crippen LogP) is 3.37. The van der Waals surface area contributed by atoms with Crippen LogP contribution in [-0.2, 0) is 13.6 Å². The SMILES string of the molecule is Cc1nccn1-c1ccc([C@@H](C)NCc2cccn2C)cc1. The molecule has 0 unspecified atom stereocenters. The van der Waals surface area contributed by atoms with Gasteiger partial charge < -0.3 is 14.5 Å². The fraction of sp³-hybridized carbons (Fsp3) is 0.278. The molecule has 0 amide bonds. The molecule has 4 nitrogen and oxygen atoms in total. The summed E-state index contributed by atoms with van der Waals surface area (Å²) in [6.07, 6.45) is 5.89. The number of imidazole rings is 1. The Morgan fingerprint density at radius 2 is 1.91 bits per heavy atom. The van der Waals surface area contributed by atoms with E-state index in [1.165, 1.54) is 11.3 Å². The van der Waals surface area contributed by atoms with Gasteiger partial charge in [0.05, 0.1) is 0 Å². The molecule has 0 fully saturated rings. The summed E-state index contributed by atoms with van der Waals surface area (Å²) in [5.41, 5.74) is 3.72. The molecule has 0 aliphatic heterocycles. The van der Waals surface area contributed by atoms with Crippen molar-refractivity contribution in [2.75, 3.05) is 0 Å². The molecule has 1 N–H and O–H groups in total. The molecule has 2 aromatic heterocycles. The second kappa shape index (κ2) is 6.20. The number of aryl methyl sites for hydroxylation is 2. The van der Waals surface area contributed by atoms with Crippen LogP contribution < -0.4 is 5.32 Å². The Balaban J connectivity index is 1.67. The van der Waals surface area contributed by atoms with Crippen LogP contribution in [0.2, 0.25) is 0 Å². The Hall–Kier alpha value is -2.33. The van der Waals surface area contributed by atoms with Crippen molar-refractivity contribution in [2.24, 2.45) is 7.05 Å². The summed E-state index contributed by atoms with van der Waals surface area (Å²) < 4.78 is 4.23. The molecule has 0 aliphatic carbocycles. The van der Waals surface area contributed by atoms with Crippen molar-refractivity contribution >= 4 is 0 Å². The predicted molar refractivity (Wildman–Crippen MR) is 89.0 cm³/mol. The van der Waals surface area contributed by atoms with Crippen LogP contribution in [0.15, 0.2) is 55.0 Å². The Morgan fingerprint density at radius 1 is 1.14 bits per heavy atom. The third-order valence-corrected chi connectivity index (χ3v) is 4.14. The van der Waals surface area contributed by atoms with Crippen molar-refractivity contribution in [2.45, 2.75) is 26.4 Å². The Morgan fingerprint density at radius 3 is 2.50 bits per heavy atom. The zero-order chi connectivity index (χ0) is 15.5. The highest BCUT2D eigenvalue weighted by molar-refractivity contribution is 5.36. The van der Waals surface area contributed by atoms with Gasteiger partial charge in [-0.3, -0.25) is 0 Å². The van der Waals surface area contributed by atoms with Crippen LogP contribution in [0.25, 0.3) is 5.69 Å². The smallest absolute Gasteiger partial charge is 0.110 e. The standard InChI is InChI=1S/C18H22N4/c1-14(20-13-18-5-4-11-21(18)3)16-6-8-17(9-7-16)22-12-10-19-15(22)2/h4-12,14,20H,13H2,1-3H3/t14-/m1/s1. The molecule has 4 heteroatoms. The van der Waals surface area contributed by atoms with Crippen LogP contribution in [0.1, 0.15) is 30.0 Å². The Labute approximate surface area is 131 Å². The fourth-order valence-electron chi connectivity index (χ4n) is 2.63. The fourth-order valence-corrected chi connectivity index (χ4v) is 2.63. The molecule has 0 bridgehead atoms. The van der Waals surface area contributed by atoms with Crippen molar-refractivity contribution < 1.29 is 0 Å². The van der Waals surface area contributed by atoms with E-state index < -0.39 is 0 Å². The molecule has 0 saturated heterocycles. The number of benzene rings is 1. The van der Waals surface area contributed by atoms with Crippen LogP contribution in [0.3, 0.4) is 0 Å². The zero-order valence-electron chi connectivity index (χ0n) is 13.3. The van der Waals surface area contributed by atoms with Crippen LogP contribution in [0, 0.1) is 6.92 Å². The molecular formula is C18H22N4. The lowest BCUT2D eigenvalue weighted by Gasteiger charge is -2.15. The highest BCUT2D eigenvalue weighted by Gasteiger charge is 2.07. The summed E-state index contributed by atoms with van der Waals surface area (Å²) in [4.78, 5) is 4.26. The van der Waals surface area contributed by atoms with Crippen molar-refractivity contribution in [3.63, 3.8) is 0 Å². The Kier molecular flexibility index (Phi) is 4.11. The summed E-state index contributed by atoms with van der Waals surface area (Å²) in [6.45, 7) is 5.07. The summed E-state index contributed by atoms with van der Waals surface area (Å²) in [7, 11) is 2.07. The normalized spacial score (nSPS) is 12.5. The van der Waals surface area contributed by atoms with E-state index in [9.17, 15) is 0 Å². The minimum Gasteiger partial charge on any atom is -0.353 e. The van der Waals surface area contributed by atoms with Crippen molar-refractivity contribution in [1.82, 2.24) is 19.4 Å². The quantitative estimate of drug-likeness (QED) is 0.783. The molecule has 0 spiro atoms. The first kappa shape index (κ1) is 14.6. The summed E-state index contributed by atoms with van der Waals surface area (Å²) >= 11 is 0. The lowest BCUT2D eigenvalue weighted by molar-refractivity contribution is 0.558. The van der Waals surface area contributed by atoms with Gasteiger partial charge in [0.2, 0.25) is 0 Å². The first-order valence-electron chi connectivity index (χ1n) is 7.59. The molecule has 3 rings (SSSR count). The van der Waals surface area contributed by atoms with E-state index in [-0.39, 0.29) is 0 Å².